The molecule has 1 aromatic carbocycles. The van der Waals surface area contributed by atoms with Gasteiger partial charge in [0.25, 0.3) is 0 Å². The molecule has 1 atom stereocenters. The summed E-state index contributed by atoms with van der Waals surface area (Å²) in [5.74, 6) is 0. The van der Waals surface area contributed by atoms with Crippen molar-refractivity contribution in [3.05, 3.63) is 24.3 Å². The fraction of sp³-hybridized carbons (Fsp3) is 0.538. The Labute approximate surface area is 114 Å². The van der Waals surface area contributed by atoms with Crippen molar-refractivity contribution in [1.29, 1.82) is 0 Å². The standard InChI is InChI=1S/C13H21N3O2S/c14-9-8-11-3-1-2-10-16(11)12-4-6-13(7-5-12)19(15,17)18/h4-7,11H,1-3,8-10,14H2,(H2,15,17,18). The smallest absolute Gasteiger partial charge is 0.238 e. The van der Waals surface area contributed by atoms with E-state index in [9.17, 15) is 8.42 Å². The summed E-state index contributed by atoms with van der Waals surface area (Å²) in [5.41, 5.74) is 6.71. The Kier molecular flexibility index (Phi) is 4.44. The van der Waals surface area contributed by atoms with Gasteiger partial charge in [0.15, 0.2) is 0 Å². The van der Waals surface area contributed by atoms with Crippen molar-refractivity contribution in [3.63, 3.8) is 0 Å². The minimum atomic E-state index is -3.61. The lowest BCUT2D eigenvalue weighted by molar-refractivity contribution is 0.442. The zero-order valence-electron chi connectivity index (χ0n) is 11.0. The van der Waals surface area contributed by atoms with E-state index >= 15 is 0 Å². The third-order valence-corrected chi connectivity index (χ3v) is 4.55. The summed E-state index contributed by atoms with van der Waals surface area (Å²) in [6, 6.07) is 7.25. The minimum Gasteiger partial charge on any atom is -0.369 e. The number of piperidine rings is 1. The van der Waals surface area contributed by atoms with E-state index in [-0.39, 0.29) is 4.90 Å². The molecule has 2 rings (SSSR count). The topological polar surface area (TPSA) is 89.4 Å². The molecule has 0 aromatic heterocycles. The minimum absolute atomic E-state index is 0.156. The molecule has 1 aliphatic rings. The van der Waals surface area contributed by atoms with E-state index in [0.717, 1.165) is 31.5 Å². The lowest BCUT2D eigenvalue weighted by Crippen LogP contribution is -2.40. The van der Waals surface area contributed by atoms with E-state index in [2.05, 4.69) is 4.90 Å². The summed E-state index contributed by atoms with van der Waals surface area (Å²) in [4.78, 5) is 2.48. The summed E-state index contributed by atoms with van der Waals surface area (Å²) in [5, 5.41) is 5.10. The molecule has 4 N–H and O–H groups in total. The van der Waals surface area contributed by atoms with Crippen molar-refractivity contribution < 1.29 is 8.42 Å². The van der Waals surface area contributed by atoms with Crippen molar-refractivity contribution in [2.24, 2.45) is 10.9 Å². The van der Waals surface area contributed by atoms with Crippen molar-refractivity contribution in [2.75, 3.05) is 18.0 Å². The van der Waals surface area contributed by atoms with Gasteiger partial charge in [-0.15, -0.1) is 0 Å². The van der Waals surface area contributed by atoms with Crippen molar-refractivity contribution >= 4 is 15.7 Å². The van der Waals surface area contributed by atoms with Crippen molar-refractivity contribution in [2.45, 2.75) is 36.6 Å². The first-order valence-corrected chi connectivity index (χ1v) is 8.16. The predicted molar refractivity (Wildman–Crippen MR) is 76.5 cm³/mol. The Morgan fingerprint density at radius 1 is 1.21 bits per heavy atom. The molecule has 1 unspecified atom stereocenters. The number of hydrogen-bond donors (Lipinski definition) is 2. The molecule has 1 heterocycles. The maximum Gasteiger partial charge on any atom is 0.238 e. The van der Waals surface area contributed by atoms with Gasteiger partial charge in [0.2, 0.25) is 10.0 Å². The van der Waals surface area contributed by atoms with Crippen LogP contribution in [0.15, 0.2) is 29.2 Å². The number of hydrogen-bond acceptors (Lipinski definition) is 4. The number of nitrogens with two attached hydrogens (primary N) is 2. The maximum absolute atomic E-state index is 11.2. The summed E-state index contributed by atoms with van der Waals surface area (Å²) in [6.45, 7) is 1.68. The van der Waals surface area contributed by atoms with E-state index in [0.29, 0.717) is 12.6 Å². The highest BCUT2D eigenvalue weighted by molar-refractivity contribution is 7.89. The molecule has 1 saturated heterocycles. The average molecular weight is 283 g/mol. The van der Waals surface area contributed by atoms with Gasteiger partial charge in [0.1, 0.15) is 0 Å². The van der Waals surface area contributed by atoms with E-state index < -0.39 is 10.0 Å². The molecule has 0 bridgehead atoms. The third kappa shape index (κ3) is 3.46. The fourth-order valence-electron chi connectivity index (χ4n) is 2.66. The van der Waals surface area contributed by atoms with E-state index in [1.807, 2.05) is 12.1 Å². The van der Waals surface area contributed by atoms with Gasteiger partial charge in [0.05, 0.1) is 4.90 Å². The molecule has 0 amide bonds. The SMILES string of the molecule is NCCC1CCCCN1c1ccc(S(N)(=O)=O)cc1. The average Bonchev–Trinajstić information content (AvgIpc) is 2.39. The number of rotatable bonds is 4. The Balaban J connectivity index is 2.20. The normalized spacial score (nSPS) is 20.5. The molecule has 5 nitrogen and oxygen atoms in total. The summed E-state index contributed by atoms with van der Waals surface area (Å²) in [7, 11) is -3.61. The first-order chi connectivity index (χ1) is 9.02. The van der Waals surface area contributed by atoms with Gasteiger partial charge in [-0.05, 0) is 56.5 Å². The molecule has 0 aliphatic carbocycles. The lowest BCUT2D eigenvalue weighted by atomic mass is 9.98. The molecule has 0 saturated carbocycles. The number of primary sulfonamides is 1. The number of nitrogens with zero attached hydrogens (tertiary/aromatic N) is 1. The Hall–Kier alpha value is -1.11. The van der Waals surface area contributed by atoms with Crippen LogP contribution in [0, 0.1) is 0 Å². The molecule has 106 valence electrons. The molecule has 1 aromatic rings. The van der Waals surface area contributed by atoms with Crippen LogP contribution < -0.4 is 15.8 Å². The first-order valence-electron chi connectivity index (χ1n) is 6.62. The maximum atomic E-state index is 11.2. The predicted octanol–water partition coefficient (Wildman–Crippen LogP) is 1.04. The Morgan fingerprint density at radius 3 is 2.47 bits per heavy atom. The van der Waals surface area contributed by atoms with Crippen LogP contribution >= 0.6 is 0 Å². The van der Waals surface area contributed by atoms with Crippen LogP contribution in [0.25, 0.3) is 0 Å². The molecule has 0 spiro atoms. The van der Waals surface area contributed by atoms with Gasteiger partial charge in [-0.3, -0.25) is 0 Å². The number of sulfonamides is 1. The fourth-order valence-corrected chi connectivity index (χ4v) is 3.18. The van der Waals surface area contributed by atoms with Crippen LogP contribution in [0.2, 0.25) is 0 Å². The largest absolute Gasteiger partial charge is 0.369 e. The zero-order valence-corrected chi connectivity index (χ0v) is 11.8. The molecule has 19 heavy (non-hydrogen) atoms. The Morgan fingerprint density at radius 2 is 1.89 bits per heavy atom. The van der Waals surface area contributed by atoms with Gasteiger partial charge in [-0.25, -0.2) is 13.6 Å². The van der Waals surface area contributed by atoms with Crippen molar-refractivity contribution in [1.82, 2.24) is 0 Å². The molecule has 0 radical (unpaired) electrons. The van der Waals surface area contributed by atoms with Crippen LogP contribution in [-0.4, -0.2) is 27.5 Å². The Bertz CT molecular complexity index is 511. The van der Waals surface area contributed by atoms with E-state index in [4.69, 9.17) is 10.9 Å². The van der Waals surface area contributed by atoms with Gasteiger partial charge in [-0.2, -0.15) is 0 Å². The highest BCUT2D eigenvalue weighted by atomic mass is 32.2. The number of benzene rings is 1. The third-order valence-electron chi connectivity index (χ3n) is 3.62. The highest BCUT2D eigenvalue weighted by Crippen LogP contribution is 2.27. The second-order valence-corrected chi connectivity index (χ2v) is 6.52. The van der Waals surface area contributed by atoms with Gasteiger partial charge >= 0.3 is 0 Å². The van der Waals surface area contributed by atoms with Gasteiger partial charge < -0.3 is 10.6 Å². The number of anilines is 1. The molecular weight excluding hydrogens is 262 g/mol. The molecule has 6 heteroatoms. The summed E-state index contributed by atoms with van der Waals surface area (Å²) in [6.07, 6.45) is 4.51. The van der Waals surface area contributed by atoms with Gasteiger partial charge in [0, 0.05) is 18.3 Å². The van der Waals surface area contributed by atoms with Crippen LogP contribution in [0.4, 0.5) is 5.69 Å². The van der Waals surface area contributed by atoms with Gasteiger partial charge in [-0.1, -0.05) is 0 Å². The summed E-state index contributed by atoms with van der Waals surface area (Å²) >= 11 is 0. The van der Waals surface area contributed by atoms with Crippen LogP contribution in [0.5, 0.6) is 0 Å². The zero-order chi connectivity index (χ0) is 13.9. The van der Waals surface area contributed by atoms with Crippen LogP contribution in [-0.2, 0) is 10.0 Å². The van der Waals surface area contributed by atoms with Crippen LogP contribution in [0.3, 0.4) is 0 Å². The molecular formula is C13H21N3O2S. The molecule has 1 fully saturated rings. The molecule has 1 aliphatic heterocycles. The lowest BCUT2D eigenvalue weighted by Gasteiger charge is -2.37. The quantitative estimate of drug-likeness (QED) is 0.864. The first kappa shape index (κ1) is 14.3. The second kappa shape index (κ2) is 5.90. The highest BCUT2D eigenvalue weighted by Gasteiger charge is 2.22. The van der Waals surface area contributed by atoms with Crippen LogP contribution in [0.1, 0.15) is 25.7 Å². The van der Waals surface area contributed by atoms with E-state index in [1.54, 1.807) is 12.1 Å². The monoisotopic (exact) mass is 283 g/mol. The van der Waals surface area contributed by atoms with Crippen molar-refractivity contribution in [3.8, 4) is 0 Å². The summed E-state index contributed by atoms with van der Waals surface area (Å²) < 4.78 is 22.5. The van der Waals surface area contributed by atoms with E-state index in [1.165, 1.54) is 6.42 Å². The second-order valence-electron chi connectivity index (χ2n) is 4.96.